The molecule has 0 amide bonds. The van der Waals surface area contributed by atoms with E-state index in [1.807, 2.05) is 0 Å². The summed E-state index contributed by atoms with van der Waals surface area (Å²) >= 11 is 0. The fourth-order valence-electron chi connectivity index (χ4n) is 0. The largest absolute Gasteiger partial charge is 1.00 e. The fourth-order valence-corrected chi connectivity index (χ4v) is 0. The summed E-state index contributed by atoms with van der Waals surface area (Å²) in [6, 6.07) is 0. The summed E-state index contributed by atoms with van der Waals surface area (Å²) in [5.41, 5.74) is 0. The van der Waals surface area contributed by atoms with Gasteiger partial charge in [-0.15, -0.1) is 0 Å². The van der Waals surface area contributed by atoms with E-state index in [9.17, 15) is 0 Å². The molecule has 0 saturated heterocycles. The third-order valence-corrected chi connectivity index (χ3v) is 0. The molecule has 6 heteroatoms. The molecule has 3 N–H and O–H groups in total. The summed E-state index contributed by atoms with van der Waals surface area (Å²) in [5.74, 6) is 0. The fraction of sp³-hybridized carbons (Fsp3) is 0. The van der Waals surface area contributed by atoms with E-state index in [1.165, 1.54) is 0 Å². The average molecular weight is 208 g/mol. The minimum Gasteiger partial charge on any atom is -0.357 e. The molecule has 0 saturated carbocycles. The quantitative estimate of drug-likeness (QED) is 0.419. The van der Waals surface area contributed by atoms with Gasteiger partial charge in [-0.3, -0.25) is 0 Å². The maximum absolute atomic E-state index is 8.41. The molecule has 0 aromatic rings. The van der Waals surface area contributed by atoms with E-state index in [0.29, 0.717) is 0 Å². The molecular weight excluding hydrogens is 205 g/mol. The van der Waals surface area contributed by atoms with Gasteiger partial charge in [-0.05, 0) is 0 Å². The third-order valence-electron chi connectivity index (χ3n) is 0. The average Bonchev–Trinajstić information content (AvgIpc) is 0.811. The van der Waals surface area contributed by atoms with Gasteiger partial charge in [-0.25, -0.2) is 0 Å². The van der Waals surface area contributed by atoms with Crippen LogP contribution in [-0.4, -0.2) is 0 Å². The molecule has 4 nitrogen and oxygen atoms in total. The summed E-state index contributed by atoms with van der Waals surface area (Å²) in [6.07, 6.45) is 0. The molecular formula is H3AgClNO3. The Kier molecular flexibility index (Phi) is 24.5. The van der Waals surface area contributed by atoms with Crippen LogP contribution in [0.15, 0.2) is 0 Å². The van der Waals surface area contributed by atoms with Crippen LogP contribution in [-0.2, 0) is 22.4 Å². The number of rotatable bonds is 0. The summed E-state index contributed by atoms with van der Waals surface area (Å²) in [4.78, 5) is 0. The molecule has 0 aliphatic rings. The predicted octanol–water partition coefficient (Wildman–Crippen LogP) is -3.41. The Morgan fingerprint density at radius 2 is 1.00 bits per heavy atom. The van der Waals surface area contributed by atoms with Crippen molar-refractivity contribution in [2.45, 2.75) is 0 Å². The van der Waals surface area contributed by atoms with Crippen LogP contribution in [0, 0.1) is 10.8 Å². The smallest absolute Gasteiger partial charge is 0.357 e. The van der Waals surface area contributed by atoms with Crippen molar-refractivity contribution in [3.05, 3.63) is 0 Å². The molecule has 6 heavy (non-hydrogen) atoms. The van der Waals surface area contributed by atoms with E-state index in [1.54, 1.807) is 0 Å². The monoisotopic (exact) mass is 207 g/mol. The molecule has 0 aromatic carbocycles. The van der Waals surface area contributed by atoms with Crippen molar-refractivity contribution >= 4 is 0 Å². The molecule has 44 valence electrons. The van der Waals surface area contributed by atoms with Gasteiger partial charge < -0.3 is 20.1 Å². The zero-order chi connectivity index (χ0) is 3.58. The van der Waals surface area contributed by atoms with Crippen LogP contribution in [0.4, 0.5) is 0 Å². The van der Waals surface area contributed by atoms with Crippen LogP contribution in [0.3, 0.4) is 0 Å². The Morgan fingerprint density at radius 1 is 1.00 bits per heavy atom. The molecule has 0 aromatic heterocycles. The van der Waals surface area contributed by atoms with Crippen molar-refractivity contribution in [2.24, 2.45) is 0 Å². The van der Waals surface area contributed by atoms with Crippen LogP contribution in [0.5, 0.6) is 0 Å². The molecule has 0 rings (SSSR count). The Bertz CT molecular complexity index is 15.5. The first kappa shape index (κ1) is 15.8. The Hall–Kier alpha value is 0.870. The van der Waals surface area contributed by atoms with Crippen LogP contribution in [0.25, 0.3) is 0 Å². The van der Waals surface area contributed by atoms with Gasteiger partial charge in [-0.1, -0.05) is 0 Å². The van der Waals surface area contributed by atoms with Crippen molar-refractivity contribution in [2.75, 3.05) is 0 Å². The topological polar surface area (TPSA) is 104 Å². The molecule has 0 bridgehead atoms. The first-order chi connectivity index (χ1) is 1.73. The summed E-state index contributed by atoms with van der Waals surface area (Å²) in [7, 11) is -2.85. The van der Waals surface area contributed by atoms with E-state index in [0.717, 1.165) is 0 Å². The molecule has 0 aliphatic heterocycles. The molecule has 0 radical (unpaired) electrons. The van der Waals surface area contributed by atoms with Crippen LogP contribution in [0.1, 0.15) is 0 Å². The number of hydrogen-bond donors (Lipinski definition) is 1. The van der Waals surface area contributed by atoms with Gasteiger partial charge in [0, 0.05) is 0 Å². The first-order valence-corrected chi connectivity index (χ1v) is 1.39. The minimum atomic E-state index is -2.85. The zero-order valence-electron chi connectivity index (χ0n) is 2.61. The van der Waals surface area contributed by atoms with E-state index in [2.05, 4.69) is 0 Å². The Morgan fingerprint density at radius 3 is 1.00 bits per heavy atom. The van der Waals surface area contributed by atoms with Crippen LogP contribution < -0.4 is 20.1 Å². The second kappa shape index (κ2) is 9.30. The Balaban J connectivity index is -0.0000000450. The van der Waals surface area contributed by atoms with Gasteiger partial charge in [0.15, 0.2) is 0 Å². The van der Waals surface area contributed by atoms with Gasteiger partial charge in [0.25, 0.3) is 0 Å². The summed E-state index contributed by atoms with van der Waals surface area (Å²) in [6.45, 7) is 0. The molecule has 0 aliphatic carbocycles. The Labute approximate surface area is 53.7 Å². The van der Waals surface area contributed by atoms with E-state index >= 15 is 0 Å². The molecule has 0 atom stereocenters. The van der Waals surface area contributed by atoms with Crippen LogP contribution >= 0.6 is 0 Å². The number of halogens is 1. The van der Waals surface area contributed by atoms with Crippen molar-refractivity contribution in [1.82, 2.24) is 6.15 Å². The normalized spacial score (nSPS) is 6.00. The molecule has 0 fully saturated rings. The second-order valence-corrected chi connectivity index (χ2v) is 0.567. The van der Waals surface area contributed by atoms with Crippen LogP contribution in [0.2, 0.25) is 0 Å². The SMILES string of the molecule is N.[Ag+].[O-][Cl+2]([O-])[O-]. The molecule has 0 unspecified atom stereocenters. The van der Waals surface area contributed by atoms with Gasteiger partial charge >= 0.3 is 22.4 Å². The zero-order valence-corrected chi connectivity index (χ0v) is 4.85. The second-order valence-electron chi connectivity index (χ2n) is 0.189. The van der Waals surface area contributed by atoms with Crippen molar-refractivity contribution in [3.63, 3.8) is 0 Å². The van der Waals surface area contributed by atoms with E-state index in [4.69, 9.17) is 14.0 Å². The first-order valence-electron chi connectivity index (χ1n) is 0.463. The van der Waals surface area contributed by atoms with E-state index < -0.39 is 10.8 Å². The van der Waals surface area contributed by atoms with Gasteiger partial charge in [0.05, 0.1) is 10.8 Å². The summed E-state index contributed by atoms with van der Waals surface area (Å²) < 4.78 is 25.2. The van der Waals surface area contributed by atoms with Crippen molar-refractivity contribution in [3.8, 4) is 0 Å². The maximum Gasteiger partial charge on any atom is 1.00 e. The van der Waals surface area contributed by atoms with E-state index in [-0.39, 0.29) is 28.5 Å². The number of hydrogen-bond acceptors (Lipinski definition) is 4. The van der Waals surface area contributed by atoms with Crippen molar-refractivity contribution < 1.29 is 47.1 Å². The third kappa shape index (κ3) is 96.3. The van der Waals surface area contributed by atoms with Gasteiger partial charge in [-0.2, -0.15) is 0 Å². The minimum absolute atomic E-state index is 0. The van der Waals surface area contributed by atoms with Gasteiger partial charge in [0.2, 0.25) is 0 Å². The van der Waals surface area contributed by atoms with Crippen molar-refractivity contribution in [1.29, 1.82) is 0 Å². The predicted molar refractivity (Wildman–Crippen MR) is 5.02 cm³/mol. The molecule has 0 spiro atoms. The molecule has 0 heterocycles. The maximum atomic E-state index is 8.41. The standard InChI is InChI=1S/Ag.ClO3.H3N/c;2-1(3)4;/h;;1H3/q+1;-1;. The summed E-state index contributed by atoms with van der Waals surface area (Å²) in [5, 5.41) is 0. The van der Waals surface area contributed by atoms with Gasteiger partial charge in [0.1, 0.15) is 0 Å².